The fourth-order valence-electron chi connectivity index (χ4n) is 3.28. The summed E-state index contributed by atoms with van der Waals surface area (Å²) in [6.07, 6.45) is 1.54. The van der Waals surface area contributed by atoms with Gasteiger partial charge >= 0.3 is 23.9 Å². The molecule has 4 N–H and O–H groups in total. The van der Waals surface area contributed by atoms with Crippen molar-refractivity contribution in [3.05, 3.63) is 54.6 Å². The first-order valence-corrected chi connectivity index (χ1v) is 10.6. The van der Waals surface area contributed by atoms with Crippen LogP contribution in [0.2, 0.25) is 0 Å². The van der Waals surface area contributed by atoms with E-state index in [2.05, 4.69) is 6.58 Å². The van der Waals surface area contributed by atoms with Gasteiger partial charge in [0.1, 0.15) is 50.9 Å². The molecule has 2 aromatic rings. The van der Waals surface area contributed by atoms with Crippen LogP contribution in [0.1, 0.15) is 5.56 Å². The van der Waals surface area contributed by atoms with Crippen LogP contribution in [0, 0.1) is 0 Å². The van der Waals surface area contributed by atoms with E-state index >= 15 is 0 Å². The summed E-state index contributed by atoms with van der Waals surface area (Å²) in [6.45, 7) is 1.35. The van der Waals surface area contributed by atoms with Crippen molar-refractivity contribution >= 4 is 41.3 Å². The number of ether oxygens (including phenoxy) is 2. The molecule has 0 aliphatic heterocycles. The normalized spacial score (nSPS) is 10.2. The highest BCUT2D eigenvalue weighted by atomic mass is 16.5. The second-order valence-electron chi connectivity index (χ2n) is 7.38. The van der Waals surface area contributed by atoms with Crippen LogP contribution in [-0.2, 0) is 19.2 Å². The van der Waals surface area contributed by atoms with Gasteiger partial charge in [0.25, 0.3) is 0 Å². The van der Waals surface area contributed by atoms with Gasteiger partial charge in [-0.3, -0.25) is 19.2 Å². The summed E-state index contributed by atoms with van der Waals surface area (Å²) < 4.78 is 11.5. The third-order valence-corrected chi connectivity index (χ3v) is 4.67. The number of aliphatic carboxylic acids is 4. The number of nitrogens with zero attached hydrogens (tertiary/aromatic N) is 2. The van der Waals surface area contributed by atoms with Gasteiger partial charge in [0, 0.05) is 0 Å². The Balaban J connectivity index is 2.19. The minimum Gasteiger partial charge on any atom is -0.488 e. The Morgan fingerprint density at radius 3 is 1.61 bits per heavy atom. The summed E-state index contributed by atoms with van der Waals surface area (Å²) in [4.78, 5) is 47.1. The van der Waals surface area contributed by atoms with Crippen LogP contribution in [0.15, 0.2) is 49.0 Å². The van der Waals surface area contributed by atoms with Gasteiger partial charge in [0.2, 0.25) is 0 Å². The molecule has 0 fully saturated rings. The van der Waals surface area contributed by atoms with Crippen molar-refractivity contribution in [1.29, 1.82) is 0 Å². The zero-order chi connectivity index (χ0) is 26.7. The van der Waals surface area contributed by atoms with Gasteiger partial charge in [-0.05, 0) is 29.8 Å². The van der Waals surface area contributed by atoms with E-state index in [0.29, 0.717) is 5.56 Å². The van der Waals surface area contributed by atoms with E-state index in [0.717, 1.165) is 9.80 Å². The summed E-state index contributed by atoms with van der Waals surface area (Å²) in [5.41, 5.74) is 1.18. The van der Waals surface area contributed by atoms with Gasteiger partial charge < -0.3 is 39.7 Å². The maximum absolute atomic E-state index is 11.2. The Labute approximate surface area is 206 Å². The lowest BCUT2D eigenvalue weighted by Gasteiger charge is -2.25. The molecule has 192 valence electrons. The van der Waals surface area contributed by atoms with Crippen LogP contribution in [0.5, 0.6) is 11.5 Å². The zero-order valence-corrected chi connectivity index (χ0v) is 19.2. The van der Waals surface area contributed by atoms with Crippen molar-refractivity contribution in [3.8, 4) is 11.5 Å². The van der Waals surface area contributed by atoms with Crippen molar-refractivity contribution in [2.24, 2.45) is 0 Å². The average molecular weight is 502 g/mol. The first-order valence-electron chi connectivity index (χ1n) is 10.6. The molecule has 0 unspecified atom stereocenters. The van der Waals surface area contributed by atoms with Crippen LogP contribution in [0.4, 0.5) is 11.4 Å². The number of carbonyl (C=O) groups is 4. The fraction of sp³-hybridized carbons (Fsp3) is 0.250. The molecule has 0 amide bonds. The molecule has 0 bridgehead atoms. The van der Waals surface area contributed by atoms with Crippen LogP contribution < -0.4 is 19.3 Å². The Kier molecular flexibility index (Phi) is 10.1. The summed E-state index contributed by atoms with van der Waals surface area (Å²) >= 11 is 0. The number of para-hydroxylation sites is 2. The highest BCUT2D eigenvalue weighted by Gasteiger charge is 2.20. The summed E-state index contributed by atoms with van der Waals surface area (Å²) in [5, 5.41) is 36.6. The SMILES string of the molecule is C=Cc1ccc(N(CC(=O)O)CC(=O)O)c(OCCOc2ccccc2N(CC(=O)O)CC(=O)O)c1. The summed E-state index contributed by atoms with van der Waals surface area (Å²) in [5.74, 6) is -4.41. The van der Waals surface area contributed by atoms with Crippen LogP contribution in [0.3, 0.4) is 0 Å². The van der Waals surface area contributed by atoms with Gasteiger partial charge in [-0.25, -0.2) is 0 Å². The molecule has 2 rings (SSSR count). The number of hydrogen-bond donors (Lipinski definition) is 4. The Hall–Kier alpha value is -4.74. The van der Waals surface area contributed by atoms with Crippen molar-refractivity contribution in [1.82, 2.24) is 0 Å². The number of rotatable bonds is 16. The molecule has 0 heterocycles. The third-order valence-electron chi connectivity index (χ3n) is 4.67. The zero-order valence-electron chi connectivity index (χ0n) is 19.2. The minimum atomic E-state index is -1.22. The molecular formula is C24H26N2O10. The van der Waals surface area contributed by atoms with E-state index in [-0.39, 0.29) is 36.1 Å². The van der Waals surface area contributed by atoms with Gasteiger partial charge in [-0.2, -0.15) is 0 Å². The quantitative estimate of drug-likeness (QED) is 0.245. The summed E-state index contributed by atoms with van der Waals surface area (Å²) in [7, 11) is 0. The molecular weight excluding hydrogens is 476 g/mol. The summed E-state index contributed by atoms with van der Waals surface area (Å²) in [6, 6.07) is 11.1. The lowest BCUT2D eigenvalue weighted by atomic mass is 10.1. The van der Waals surface area contributed by atoms with Gasteiger partial charge in [-0.15, -0.1) is 0 Å². The number of carboxylic acids is 4. The van der Waals surface area contributed by atoms with E-state index in [1.54, 1.807) is 36.4 Å². The molecule has 36 heavy (non-hydrogen) atoms. The van der Waals surface area contributed by atoms with Crippen molar-refractivity contribution in [3.63, 3.8) is 0 Å². The van der Waals surface area contributed by atoms with Crippen molar-refractivity contribution in [2.45, 2.75) is 0 Å². The first kappa shape index (κ1) is 27.5. The molecule has 0 aliphatic rings. The van der Waals surface area contributed by atoms with Crippen molar-refractivity contribution in [2.75, 3.05) is 49.2 Å². The smallest absolute Gasteiger partial charge is 0.323 e. The lowest BCUT2D eigenvalue weighted by Crippen LogP contribution is -2.35. The Morgan fingerprint density at radius 2 is 1.14 bits per heavy atom. The minimum absolute atomic E-state index is 0.0411. The van der Waals surface area contributed by atoms with E-state index < -0.39 is 50.1 Å². The number of hydrogen-bond acceptors (Lipinski definition) is 8. The monoisotopic (exact) mass is 502 g/mol. The fourth-order valence-corrected chi connectivity index (χ4v) is 3.28. The number of benzene rings is 2. The van der Waals surface area contributed by atoms with Crippen LogP contribution in [-0.4, -0.2) is 83.7 Å². The van der Waals surface area contributed by atoms with Crippen LogP contribution in [0.25, 0.3) is 6.08 Å². The standard InChI is InChI=1S/C24H26N2O10/c1-2-16-7-8-18(26(14-23(31)32)15-24(33)34)20(11-16)36-10-9-35-19-6-4-3-5-17(19)25(12-21(27)28)13-22(29)30/h2-8,11H,1,9-10,12-15H2,(H,27,28)(H,29,30)(H,31,32)(H,33,34). The molecule has 0 atom stereocenters. The molecule has 0 saturated carbocycles. The molecule has 0 aliphatic carbocycles. The molecule has 12 nitrogen and oxygen atoms in total. The first-order chi connectivity index (χ1) is 17.1. The molecule has 2 aromatic carbocycles. The molecule has 0 spiro atoms. The Bertz CT molecular complexity index is 1090. The van der Waals surface area contributed by atoms with Crippen LogP contribution >= 0.6 is 0 Å². The second-order valence-corrected chi connectivity index (χ2v) is 7.38. The predicted octanol–water partition coefficient (Wildman–Crippen LogP) is 1.74. The molecule has 0 radical (unpaired) electrons. The predicted molar refractivity (Wildman–Crippen MR) is 129 cm³/mol. The van der Waals surface area contributed by atoms with E-state index in [4.69, 9.17) is 19.7 Å². The number of anilines is 2. The second kappa shape index (κ2) is 13.2. The largest absolute Gasteiger partial charge is 0.488 e. The van der Waals surface area contributed by atoms with Gasteiger partial charge in [-0.1, -0.05) is 30.9 Å². The van der Waals surface area contributed by atoms with Gasteiger partial charge in [0.05, 0.1) is 11.4 Å². The van der Waals surface area contributed by atoms with E-state index in [9.17, 15) is 29.4 Å². The van der Waals surface area contributed by atoms with E-state index in [1.807, 2.05) is 0 Å². The Morgan fingerprint density at radius 1 is 0.694 bits per heavy atom. The maximum Gasteiger partial charge on any atom is 0.323 e. The average Bonchev–Trinajstić information content (AvgIpc) is 2.80. The third kappa shape index (κ3) is 8.56. The lowest BCUT2D eigenvalue weighted by molar-refractivity contribution is -0.138. The molecule has 0 aromatic heterocycles. The van der Waals surface area contributed by atoms with E-state index in [1.165, 1.54) is 12.1 Å². The number of carboxylic acid groups (broad SMARTS) is 4. The van der Waals surface area contributed by atoms with Gasteiger partial charge in [0.15, 0.2) is 0 Å². The highest BCUT2D eigenvalue weighted by Crippen LogP contribution is 2.31. The maximum atomic E-state index is 11.2. The molecule has 0 saturated heterocycles. The molecule has 12 heteroatoms. The topological polar surface area (TPSA) is 174 Å². The van der Waals surface area contributed by atoms with Crippen molar-refractivity contribution < 1.29 is 49.1 Å². The highest BCUT2D eigenvalue weighted by molar-refractivity contribution is 5.82.